The molecule has 0 saturated carbocycles. The number of hydrazone groups is 1. The molecule has 2 aliphatic rings. The van der Waals surface area contributed by atoms with Gasteiger partial charge in [0.05, 0.1) is 31.4 Å². The largest absolute Gasteiger partial charge is 0.506 e. The first-order chi connectivity index (χ1) is 15.5. The number of nitrogens with one attached hydrogen (secondary N) is 1. The molecular weight excluding hydrogens is 408 g/mol. The first-order valence-corrected chi connectivity index (χ1v) is 10.9. The molecule has 1 aliphatic heterocycles. The first kappa shape index (κ1) is 20.4. The Morgan fingerprint density at radius 3 is 2.66 bits per heavy atom. The Hall–Kier alpha value is -3.48. The standard InChI is InChI=1S/C25H26N2O5/c1-13-10-21-23(15-6-4-5-7-16(15)25(29)32-21)24(28)22(13)19-12-18(26-27-19)17-11-14(30-2)8-9-20(17)31-3/h8-11,18,26,28H,4-7,12H2,1-3H3/t18-/m0/s1. The molecule has 1 aromatic heterocycles. The number of phenols is 1. The van der Waals surface area contributed by atoms with Crippen molar-refractivity contribution in [3.05, 3.63) is 62.5 Å². The third-order valence-electron chi connectivity index (χ3n) is 6.53. The molecule has 1 atom stereocenters. The van der Waals surface area contributed by atoms with Crippen molar-refractivity contribution in [1.82, 2.24) is 5.43 Å². The molecule has 2 N–H and O–H groups in total. The fraction of sp³-hybridized carbons (Fsp3) is 0.360. The van der Waals surface area contributed by atoms with Crippen molar-refractivity contribution < 1.29 is 19.0 Å². The molecule has 1 aliphatic carbocycles. The van der Waals surface area contributed by atoms with Gasteiger partial charge >= 0.3 is 5.63 Å². The summed E-state index contributed by atoms with van der Waals surface area (Å²) in [4.78, 5) is 12.5. The fourth-order valence-electron chi connectivity index (χ4n) is 4.96. The molecule has 166 valence electrons. The van der Waals surface area contributed by atoms with Gasteiger partial charge < -0.3 is 24.4 Å². The number of aromatic hydroxyl groups is 1. The van der Waals surface area contributed by atoms with Crippen LogP contribution >= 0.6 is 0 Å². The lowest BCUT2D eigenvalue weighted by Gasteiger charge is -2.19. The number of nitrogens with zero attached hydrogens (tertiary/aromatic N) is 1. The number of benzene rings is 2. The number of fused-ring (bicyclic) bond motifs is 3. The highest BCUT2D eigenvalue weighted by Gasteiger charge is 2.29. The summed E-state index contributed by atoms with van der Waals surface area (Å²) < 4.78 is 16.5. The van der Waals surface area contributed by atoms with Crippen molar-refractivity contribution in [1.29, 1.82) is 0 Å². The molecule has 5 rings (SSSR count). The van der Waals surface area contributed by atoms with Gasteiger partial charge in [0.25, 0.3) is 0 Å². The van der Waals surface area contributed by atoms with Crippen molar-refractivity contribution in [2.75, 3.05) is 14.2 Å². The van der Waals surface area contributed by atoms with Gasteiger partial charge in [-0.2, -0.15) is 5.10 Å². The molecule has 0 radical (unpaired) electrons. The lowest BCUT2D eigenvalue weighted by Crippen LogP contribution is -2.16. The zero-order chi connectivity index (χ0) is 22.4. The molecule has 0 unspecified atom stereocenters. The molecule has 0 bridgehead atoms. The summed E-state index contributed by atoms with van der Waals surface area (Å²) >= 11 is 0. The van der Waals surface area contributed by atoms with E-state index in [1.54, 1.807) is 14.2 Å². The minimum absolute atomic E-state index is 0.118. The minimum Gasteiger partial charge on any atom is -0.506 e. The van der Waals surface area contributed by atoms with E-state index in [9.17, 15) is 9.90 Å². The van der Waals surface area contributed by atoms with Gasteiger partial charge in [-0.3, -0.25) is 0 Å². The number of ether oxygens (including phenoxy) is 2. The Labute approximate surface area is 185 Å². The summed E-state index contributed by atoms with van der Waals surface area (Å²) in [5, 5.41) is 16.6. The van der Waals surface area contributed by atoms with Crippen molar-refractivity contribution in [2.45, 2.75) is 45.1 Å². The number of hydrogen-bond acceptors (Lipinski definition) is 7. The van der Waals surface area contributed by atoms with Gasteiger partial charge in [-0.1, -0.05) is 0 Å². The average Bonchev–Trinajstić information content (AvgIpc) is 3.28. The van der Waals surface area contributed by atoms with Gasteiger partial charge in [0.1, 0.15) is 22.8 Å². The summed E-state index contributed by atoms with van der Waals surface area (Å²) in [5.41, 5.74) is 8.14. The van der Waals surface area contributed by atoms with Crippen LogP contribution in [0.25, 0.3) is 11.0 Å². The molecule has 7 nitrogen and oxygen atoms in total. The number of aryl methyl sites for hydroxylation is 2. The maximum absolute atomic E-state index is 12.5. The average molecular weight is 434 g/mol. The number of methoxy groups -OCH3 is 2. The summed E-state index contributed by atoms with van der Waals surface area (Å²) in [5.74, 6) is 1.62. The monoisotopic (exact) mass is 434 g/mol. The smallest absolute Gasteiger partial charge is 0.339 e. The molecule has 0 saturated heterocycles. The molecule has 32 heavy (non-hydrogen) atoms. The van der Waals surface area contributed by atoms with Crippen molar-refractivity contribution in [3.63, 3.8) is 0 Å². The maximum atomic E-state index is 12.5. The van der Waals surface area contributed by atoms with Crippen LogP contribution < -0.4 is 20.5 Å². The second-order valence-corrected chi connectivity index (χ2v) is 8.40. The normalized spacial score (nSPS) is 17.6. The lowest BCUT2D eigenvalue weighted by atomic mass is 9.87. The molecule has 0 amide bonds. The predicted octanol–water partition coefficient (Wildman–Crippen LogP) is 4.14. The molecular formula is C25H26N2O5. The zero-order valence-electron chi connectivity index (χ0n) is 18.4. The molecule has 0 spiro atoms. The van der Waals surface area contributed by atoms with Crippen molar-refractivity contribution in [2.24, 2.45) is 5.10 Å². The Balaban J connectivity index is 1.58. The van der Waals surface area contributed by atoms with Crippen LogP contribution in [0.5, 0.6) is 17.2 Å². The second-order valence-electron chi connectivity index (χ2n) is 8.40. The van der Waals surface area contributed by atoms with Gasteiger partial charge in [-0.05, 0) is 68.0 Å². The van der Waals surface area contributed by atoms with E-state index in [-0.39, 0.29) is 17.4 Å². The van der Waals surface area contributed by atoms with Crippen LogP contribution in [0.2, 0.25) is 0 Å². The summed E-state index contributed by atoms with van der Waals surface area (Å²) in [6.07, 6.45) is 3.98. The number of rotatable bonds is 4. The Morgan fingerprint density at radius 1 is 1.12 bits per heavy atom. The van der Waals surface area contributed by atoms with E-state index >= 15 is 0 Å². The Morgan fingerprint density at radius 2 is 1.91 bits per heavy atom. The van der Waals surface area contributed by atoms with E-state index < -0.39 is 0 Å². The Bertz CT molecular complexity index is 1310. The molecule has 7 heteroatoms. The van der Waals surface area contributed by atoms with Crippen LogP contribution in [0, 0.1) is 6.92 Å². The van der Waals surface area contributed by atoms with Gasteiger partial charge in [-0.15, -0.1) is 0 Å². The van der Waals surface area contributed by atoms with Crippen molar-refractivity contribution in [3.8, 4) is 17.2 Å². The van der Waals surface area contributed by atoms with E-state index in [2.05, 4.69) is 10.5 Å². The lowest BCUT2D eigenvalue weighted by molar-refractivity contribution is 0.392. The van der Waals surface area contributed by atoms with Gasteiger partial charge in [-0.25, -0.2) is 4.79 Å². The molecule has 2 heterocycles. The Kier molecular flexibility index (Phi) is 5.04. The maximum Gasteiger partial charge on any atom is 0.339 e. The molecule has 0 fully saturated rings. The highest BCUT2D eigenvalue weighted by Crippen LogP contribution is 2.40. The van der Waals surface area contributed by atoms with Crippen LogP contribution in [0.15, 0.2) is 38.6 Å². The third kappa shape index (κ3) is 3.20. The SMILES string of the molecule is COc1ccc(OC)c([C@@H]2CC(c3c(C)cc4oc(=O)c5c(c4c3O)CCCC5)=NN2)c1. The van der Waals surface area contributed by atoms with Gasteiger partial charge in [0, 0.05) is 23.1 Å². The highest BCUT2D eigenvalue weighted by atomic mass is 16.5. The third-order valence-corrected chi connectivity index (χ3v) is 6.53. The first-order valence-electron chi connectivity index (χ1n) is 10.9. The second kappa shape index (κ2) is 7.89. The highest BCUT2D eigenvalue weighted by molar-refractivity contribution is 6.09. The van der Waals surface area contributed by atoms with Crippen LogP contribution in [-0.2, 0) is 12.8 Å². The van der Waals surface area contributed by atoms with Crippen LogP contribution in [0.4, 0.5) is 0 Å². The van der Waals surface area contributed by atoms with E-state index in [1.165, 1.54) is 0 Å². The predicted molar refractivity (Wildman–Crippen MR) is 122 cm³/mol. The van der Waals surface area contributed by atoms with Crippen LogP contribution in [0.3, 0.4) is 0 Å². The zero-order valence-corrected chi connectivity index (χ0v) is 18.4. The molecule has 3 aromatic rings. The quantitative estimate of drug-likeness (QED) is 0.600. The van der Waals surface area contributed by atoms with Crippen molar-refractivity contribution >= 4 is 16.7 Å². The minimum atomic E-state index is -0.288. The van der Waals surface area contributed by atoms with Crippen LogP contribution in [-0.4, -0.2) is 25.0 Å². The summed E-state index contributed by atoms with van der Waals surface area (Å²) in [7, 11) is 3.27. The molecule has 2 aromatic carbocycles. The van der Waals surface area contributed by atoms with Crippen LogP contribution in [0.1, 0.15) is 53.1 Å². The van der Waals surface area contributed by atoms with E-state index in [1.807, 2.05) is 31.2 Å². The summed E-state index contributed by atoms with van der Waals surface area (Å²) in [6.45, 7) is 1.90. The fourth-order valence-corrected chi connectivity index (χ4v) is 4.96. The summed E-state index contributed by atoms with van der Waals surface area (Å²) in [6, 6.07) is 7.39. The number of hydrogen-bond donors (Lipinski definition) is 2. The van der Waals surface area contributed by atoms with E-state index in [4.69, 9.17) is 13.9 Å². The topological polar surface area (TPSA) is 93.3 Å². The van der Waals surface area contributed by atoms with Gasteiger partial charge in [0.15, 0.2) is 0 Å². The van der Waals surface area contributed by atoms with E-state index in [0.29, 0.717) is 34.9 Å². The van der Waals surface area contributed by atoms with E-state index in [0.717, 1.165) is 53.2 Å². The van der Waals surface area contributed by atoms with Gasteiger partial charge in [0.2, 0.25) is 0 Å². The number of phenolic OH excluding ortho intramolecular Hbond substituents is 1.